The minimum atomic E-state index is 0.355. The Labute approximate surface area is 171 Å². The Morgan fingerprint density at radius 3 is 1.26 bits per heavy atom. The zero-order chi connectivity index (χ0) is 20.0. The summed E-state index contributed by atoms with van der Waals surface area (Å²) in [5.41, 5.74) is 0. The smallest absolute Gasteiger partial charge is 0.222 e. The van der Waals surface area contributed by atoms with Crippen LogP contribution in [0.4, 0.5) is 0 Å². The van der Waals surface area contributed by atoms with Crippen LogP contribution in [-0.4, -0.2) is 24.4 Å². The van der Waals surface area contributed by atoms with Gasteiger partial charge in [-0.1, -0.05) is 123 Å². The lowest BCUT2D eigenvalue weighted by Crippen LogP contribution is -2.27. The van der Waals surface area contributed by atoms with Crippen molar-refractivity contribution in [2.24, 2.45) is 0 Å². The lowest BCUT2D eigenvalue weighted by atomic mass is 10.1. The number of carbonyl (C=O) groups excluding carboxylic acids is 1. The molecule has 0 aliphatic carbocycles. The highest BCUT2D eigenvalue weighted by atomic mass is 16.2. The van der Waals surface area contributed by atoms with E-state index < -0.39 is 0 Å². The van der Waals surface area contributed by atoms with Gasteiger partial charge < -0.3 is 4.90 Å². The summed E-state index contributed by atoms with van der Waals surface area (Å²) in [7, 11) is 1.99. The molecule has 0 aromatic carbocycles. The highest BCUT2D eigenvalue weighted by Gasteiger charge is 2.07. The fraction of sp³-hybridized carbons (Fsp3) is 0.960. The lowest BCUT2D eigenvalue weighted by Gasteiger charge is -2.17. The molecule has 1 amide bonds. The monoisotopic (exact) mass is 381 g/mol. The van der Waals surface area contributed by atoms with E-state index in [1.807, 2.05) is 11.9 Å². The molecule has 0 spiro atoms. The van der Waals surface area contributed by atoms with E-state index in [9.17, 15) is 4.79 Å². The normalized spacial score (nSPS) is 11.1. The van der Waals surface area contributed by atoms with Crippen molar-refractivity contribution in [1.82, 2.24) is 4.90 Å². The van der Waals surface area contributed by atoms with E-state index in [0.717, 1.165) is 19.4 Å². The Morgan fingerprint density at radius 2 is 0.852 bits per heavy atom. The summed E-state index contributed by atoms with van der Waals surface area (Å²) < 4.78 is 0. The topological polar surface area (TPSA) is 20.3 Å². The van der Waals surface area contributed by atoms with Crippen molar-refractivity contribution in [1.29, 1.82) is 0 Å². The second-order valence-electron chi connectivity index (χ2n) is 8.58. The first-order valence-electron chi connectivity index (χ1n) is 12.5. The first kappa shape index (κ1) is 26.5. The van der Waals surface area contributed by atoms with Crippen molar-refractivity contribution in [2.75, 3.05) is 13.6 Å². The number of rotatable bonds is 21. The molecule has 0 saturated carbocycles. The van der Waals surface area contributed by atoms with Gasteiger partial charge in [-0.2, -0.15) is 0 Å². The van der Waals surface area contributed by atoms with Crippen molar-refractivity contribution in [3.8, 4) is 0 Å². The van der Waals surface area contributed by atoms with Gasteiger partial charge in [-0.3, -0.25) is 4.79 Å². The minimum Gasteiger partial charge on any atom is -0.346 e. The fourth-order valence-electron chi connectivity index (χ4n) is 3.74. The van der Waals surface area contributed by atoms with E-state index in [1.54, 1.807) is 0 Å². The molecule has 0 aromatic heterocycles. The largest absolute Gasteiger partial charge is 0.346 e. The Morgan fingerprint density at radius 1 is 0.519 bits per heavy atom. The Hall–Kier alpha value is -0.530. The standard InChI is InChI=1S/C25H51NO/c1-4-6-8-10-12-14-15-16-17-19-21-23-25(27)26(3)24-22-20-18-13-11-9-7-5-2/h4-24H2,1-3H3. The van der Waals surface area contributed by atoms with Crippen molar-refractivity contribution in [3.63, 3.8) is 0 Å². The molecule has 162 valence electrons. The number of hydrogen-bond acceptors (Lipinski definition) is 1. The van der Waals surface area contributed by atoms with Gasteiger partial charge in [0.05, 0.1) is 0 Å². The third-order valence-electron chi connectivity index (χ3n) is 5.77. The van der Waals surface area contributed by atoms with Gasteiger partial charge in [-0.05, 0) is 12.8 Å². The molecule has 2 nitrogen and oxygen atoms in total. The Balaban J connectivity index is 3.31. The van der Waals surface area contributed by atoms with Gasteiger partial charge in [0.25, 0.3) is 0 Å². The predicted molar refractivity (Wildman–Crippen MR) is 121 cm³/mol. The molecule has 0 N–H and O–H groups in total. The molecule has 0 heterocycles. The molecule has 0 radical (unpaired) electrons. The molecule has 0 aromatic rings. The quantitative estimate of drug-likeness (QED) is 0.183. The van der Waals surface area contributed by atoms with Crippen LogP contribution in [0.25, 0.3) is 0 Å². The summed E-state index contributed by atoms with van der Waals surface area (Å²) in [5, 5.41) is 0. The van der Waals surface area contributed by atoms with Crippen molar-refractivity contribution in [2.45, 2.75) is 142 Å². The van der Waals surface area contributed by atoms with E-state index in [0.29, 0.717) is 5.91 Å². The van der Waals surface area contributed by atoms with Gasteiger partial charge in [-0.15, -0.1) is 0 Å². The summed E-state index contributed by atoms with van der Waals surface area (Å²) in [4.78, 5) is 14.1. The van der Waals surface area contributed by atoms with Crippen LogP contribution in [0, 0.1) is 0 Å². The first-order valence-corrected chi connectivity index (χ1v) is 12.5. The highest BCUT2D eigenvalue weighted by molar-refractivity contribution is 5.75. The number of nitrogens with zero attached hydrogens (tertiary/aromatic N) is 1. The maximum Gasteiger partial charge on any atom is 0.222 e. The number of unbranched alkanes of at least 4 members (excludes halogenated alkanes) is 17. The molecule has 0 unspecified atom stereocenters. The highest BCUT2D eigenvalue weighted by Crippen LogP contribution is 2.13. The van der Waals surface area contributed by atoms with E-state index >= 15 is 0 Å². The van der Waals surface area contributed by atoms with Crippen LogP contribution >= 0.6 is 0 Å². The van der Waals surface area contributed by atoms with Crippen molar-refractivity contribution < 1.29 is 4.79 Å². The number of hydrogen-bond donors (Lipinski definition) is 0. The van der Waals surface area contributed by atoms with Crippen LogP contribution < -0.4 is 0 Å². The summed E-state index contributed by atoms with van der Waals surface area (Å²) in [5.74, 6) is 0.355. The summed E-state index contributed by atoms with van der Waals surface area (Å²) >= 11 is 0. The SMILES string of the molecule is CCCCCCCCCCCCCC(=O)N(C)CCCCCCCCCC. The first-order chi connectivity index (χ1) is 13.2. The van der Waals surface area contributed by atoms with Gasteiger partial charge in [0.2, 0.25) is 5.91 Å². The van der Waals surface area contributed by atoms with Crippen molar-refractivity contribution >= 4 is 5.91 Å². The molecular formula is C25H51NO. The second-order valence-corrected chi connectivity index (χ2v) is 8.58. The molecule has 27 heavy (non-hydrogen) atoms. The zero-order valence-electron chi connectivity index (χ0n) is 19.2. The van der Waals surface area contributed by atoms with Crippen LogP contribution in [0.15, 0.2) is 0 Å². The van der Waals surface area contributed by atoms with Crippen LogP contribution in [0.1, 0.15) is 142 Å². The Bertz CT molecular complexity index is 303. The molecule has 0 bridgehead atoms. The average molecular weight is 382 g/mol. The van der Waals surface area contributed by atoms with Gasteiger partial charge in [0.15, 0.2) is 0 Å². The molecule has 0 fully saturated rings. The van der Waals surface area contributed by atoms with Gasteiger partial charge >= 0.3 is 0 Å². The zero-order valence-corrected chi connectivity index (χ0v) is 19.2. The number of carbonyl (C=O) groups is 1. The van der Waals surface area contributed by atoms with Gasteiger partial charge in [0, 0.05) is 20.0 Å². The van der Waals surface area contributed by atoms with Crippen molar-refractivity contribution in [3.05, 3.63) is 0 Å². The van der Waals surface area contributed by atoms with E-state index in [4.69, 9.17) is 0 Å². The van der Waals surface area contributed by atoms with Gasteiger partial charge in [0.1, 0.15) is 0 Å². The molecule has 0 saturated heterocycles. The molecule has 0 rings (SSSR count). The third kappa shape index (κ3) is 20.0. The summed E-state index contributed by atoms with van der Waals surface area (Å²) in [6.07, 6.45) is 26.2. The maximum absolute atomic E-state index is 12.2. The van der Waals surface area contributed by atoms with E-state index in [1.165, 1.54) is 116 Å². The lowest BCUT2D eigenvalue weighted by molar-refractivity contribution is -0.130. The van der Waals surface area contributed by atoms with E-state index in [2.05, 4.69) is 13.8 Å². The third-order valence-corrected chi connectivity index (χ3v) is 5.77. The van der Waals surface area contributed by atoms with Crippen LogP contribution in [0.3, 0.4) is 0 Å². The summed E-state index contributed by atoms with van der Waals surface area (Å²) in [6, 6.07) is 0. The van der Waals surface area contributed by atoms with Crippen LogP contribution in [-0.2, 0) is 4.79 Å². The fourth-order valence-corrected chi connectivity index (χ4v) is 3.74. The van der Waals surface area contributed by atoms with Crippen LogP contribution in [0.5, 0.6) is 0 Å². The van der Waals surface area contributed by atoms with Gasteiger partial charge in [-0.25, -0.2) is 0 Å². The molecule has 0 aliphatic heterocycles. The minimum absolute atomic E-state index is 0.355. The summed E-state index contributed by atoms with van der Waals surface area (Å²) in [6.45, 7) is 5.49. The molecule has 0 aliphatic rings. The average Bonchev–Trinajstić information content (AvgIpc) is 2.67. The predicted octanol–water partition coefficient (Wildman–Crippen LogP) is 8.29. The molecule has 2 heteroatoms. The molecular weight excluding hydrogens is 330 g/mol. The Kier molecular flexibility index (Phi) is 21.3. The number of amides is 1. The van der Waals surface area contributed by atoms with E-state index in [-0.39, 0.29) is 0 Å². The molecule has 0 atom stereocenters. The maximum atomic E-state index is 12.2. The second kappa shape index (κ2) is 21.8. The van der Waals surface area contributed by atoms with Crippen LogP contribution in [0.2, 0.25) is 0 Å².